The topological polar surface area (TPSA) is 140 Å². The molecular weight excluding hydrogens is 172 g/mol. The lowest BCUT2D eigenvalue weighted by molar-refractivity contribution is -0.446. The van der Waals surface area contributed by atoms with Crippen LogP contribution in [0.5, 0.6) is 0 Å². The van der Waals surface area contributed by atoms with Crippen molar-refractivity contribution < 1.29 is 9.96 Å². The molecule has 0 atom stereocenters. The van der Waals surface area contributed by atoms with Crippen molar-refractivity contribution in [3.8, 4) is 0 Å². The first kappa shape index (κ1) is 7.84. The minimum atomic E-state index is -0.912. The third-order valence-electron chi connectivity index (χ3n) is 0.834. The molecule has 0 spiro atoms. The van der Waals surface area contributed by atoms with E-state index in [0.717, 1.165) is 0 Å². The Kier molecular flexibility index (Phi) is 1.81. The first-order valence-corrected chi connectivity index (χ1v) is 2.57. The van der Waals surface area contributed by atoms with E-state index in [1.807, 2.05) is 5.10 Å². The number of hydrogen-bond donors (Lipinski definition) is 2. The molecule has 0 radical (unpaired) electrons. The van der Waals surface area contributed by atoms with Crippen LogP contribution in [0.15, 0.2) is 0 Å². The minimum Gasteiger partial charge on any atom is -0.390 e. The summed E-state index contributed by atoms with van der Waals surface area (Å²) in [6.45, 7) is 0. The van der Waals surface area contributed by atoms with Gasteiger partial charge in [-0.2, -0.15) is 5.10 Å². The number of aromatic nitrogens is 3. The smallest absolute Gasteiger partial charge is 0.390 e. The maximum Gasteiger partial charge on any atom is 0.493 e. The fraction of sp³-hybridized carbons (Fsp3) is 0. The largest absolute Gasteiger partial charge is 0.493 e. The molecule has 0 bridgehead atoms. The normalized spacial score (nSPS) is 9.33. The number of nitro groups is 2. The van der Waals surface area contributed by atoms with Crippen LogP contribution in [0.1, 0.15) is 0 Å². The standard InChI is InChI=1S/C2H2N6O4/c9-7(10)2-3-1(4-5-2)6-8(11)12/h(H2,3,4,5,6). The minimum absolute atomic E-state index is 0.383. The first-order chi connectivity index (χ1) is 5.59. The van der Waals surface area contributed by atoms with Gasteiger partial charge in [-0.15, -0.1) is 0 Å². The van der Waals surface area contributed by atoms with Crippen LogP contribution in [0.25, 0.3) is 0 Å². The van der Waals surface area contributed by atoms with E-state index in [-0.39, 0.29) is 5.95 Å². The van der Waals surface area contributed by atoms with Gasteiger partial charge in [-0.05, 0) is 9.91 Å². The zero-order valence-corrected chi connectivity index (χ0v) is 5.42. The molecule has 10 nitrogen and oxygen atoms in total. The monoisotopic (exact) mass is 174 g/mol. The van der Waals surface area contributed by atoms with Crippen molar-refractivity contribution in [2.45, 2.75) is 0 Å². The van der Waals surface area contributed by atoms with Crippen molar-refractivity contribution >= 4 is 11.9 Å². The second kappa shape index (κ2) is 2.77. The fourth-order valence-corrected chi connectivity index (χ4v) is 0.471. The Hall–Kier alpha value is -2.26. The van der Waals surface area contributed by atoms with Crippen LogP contribution in [0.4, 0.5) is 11.9 Å². The lowest BCUT2D eigenvalue weighted by Crippen LogP contribution is -2.08. The van der Waals surface area contributed by atoms with Crippen LogP contribution in [-0.4, -0.2) is 25.1 Å². The Balaban J connectivity index is 2.77. The summed E-state index contributed by atoms with van der Waals surface area (Å²) in [5.41, 5.74) is 1.57. The molecule has 10 heteroatoms. The van der Waals surface area contributed by atoms with E-state index in [1.54, 1.807) is 5.43 Å². The molecule has 12 heavy (non-hydrogen) atoms. The van der Waals surface area contributed by atoms with E-state index in [2.05, 4.69) is 10.1 Å². The van der Waals surface area contributed by atoms with Gasteiger partial charge in [-0.3, -0.25) is 0 Å². The molecule has 0 saturated carbocycles. The number of H-pyrrole nitrogens is 1. The second-order valence-corrected chi connectivity index (χ2v) is 1.61. The van der Waals surface area contributed by atoms with Crippen LogP contribution in [0.2, 0.25) is 0 Å². The molecular formula is C2H2N6O4. The third-order valence-corrected chi connectivity index (χ3v) is 0.834. The zero-order valence-electron chi connectivity index (χ0n) is 5.42. The third kappa shape index (κ3) is 1.62. The van der Waals surface area contributed by atoms with Crippen LogP contribution in [-0.2, 0) is 0 Å². The van der Waals surface area contributed by atoms with Crippen molar-refractivity contribution in [1.82, 2.24) is 15.2 Å². The molecule has 1 aromatic heterocycles. The van der Waals surface area contributed by atoms with Gasteiger partial charge in [0.15, 0.2) is 5.03 Å². The molecule has 0 aliphatic rings. The van der Waals surface area contributed by atoms with E-state index in [0.29, 0.717) is 0 Å². The van der Waals surface area contributed by atoms with Crippen LogP contribution in [0, 0.1) is 20.2 Å². The molecule has 0 aromatic carbocycles. The Morgan fingerprint density at radius 2 is 2.08 bits per heavy atom. The first-order valence-electron chi connectivity index (χ1n) is 2.57. The zero-order chi connectivity index (χ0) is 9.14. The summed E-state index contributed by atoms with van der Waals surface area (Å²) in [7, 11) is 0. The Morgan fingerprint density at radius 1 is 1.42 bits per heavy atom. The van der Waals surface area contributed by atoms with Gasteiger partial charge in [-0.25, -0.2) is 10.1 Å². The highest BCUT2D eigenvalue weighted by Crippen LogP contribution is 2.04. The average molecular weight is 174 g/mol. The quantitative estimate of drug-likeness (QED) is 0.456. The number of rotatable bonds is 3. The van der Waals surface area contributed by atoms with Gasteiger partial charge >= 0.3 is 11.9 Å². The molecule has 0 aliphatic carbocycles. The summed E-state index contributed by atoms with van der Waals surface area (Å²) in [6, 6.07) is 0. The SMILES string of the molecule is O=[N+]([O-])Nc1nc([N+](=O)[O-])n[nH]1. The maximum atomic E-state index is 9.96. The van der Waals surface area contributed by atoms with Crippen molar-refractivity contribution in [2.75, 3.05) is 5.43 Å². The molecule has 0 aliphatic heterocycles. The molecule has 2 N–H and O–H groups in total. The van der Waals surface area contributed by atoms with Gasteiger partial charge in [0.2, 0.25) is 0 Å². The molecule has 1 rings (SSSR count). The van der Waals surface area contributed by atoms with E-state index >= 15 is 0 Å². The molecule has 1 aromatic rings. The predicted molar refractivity (Wildman–Crippen MR) is 33.7 cm³/mol. The Bertz CT molecular complexity index is 317. The summed E-state index contributed by atoms with van der Waals surface area (Å²) >= 11 is 0. The molecule has 64 valence electrons. The van der Waals surface area contributed by atoms with E-state index < -0.39 is 15.9 Å². The predicted octanol–water partition coefficient (Wildman–Crippen LogP) is -0.684. The van der Waals surface area contributed by atoms with E-state index in [9.17, 15) is 20.2 Å². The molecule has 0 saturated heterocycles. The summed E-state index contributed by atoms with van der Waals surface area (Å²) in [5, 5.41) is 23.9. The van der Waals surface area contributed by atoms with Crippen LogP contribution >= 0.6 is 0 Å². The summed E-state index contributed by atoms with van der Waals surface area (Å²) < 4.78 is 0. The van der Waals surface area contributed by atoms with Crippen LogP contribution in [0.3, 0.4) is 0 Å². The molecule has 0 amide bonds. The van der Waals surface area contributed by atoms with Gasteiger partial charge in [0.05, 0.1) is 0 Å². The maximum absolute atomic E-state index is 9.96. The van der Waals surface area contributed by atoms with Gasteiger partial charge in [0, 0.05) is 5.10 Å². The number of aromatic amines is 1. The lowest BCUT2D eigenvalue weighted by Gasteiger charge is -1.83. The van der Waals surface area contributed by atoms with Gasteiger partial charge in [0.25, 0.3) is 0 Å². The van der Waals surface area contributed by atoms with E-state index in [1.165, 1.54) is 0 Å². The average Bonchev–Trinajstić information content (AvgIpc) is 2.34. The number of hydrogen-bond acceptors (Lipinski definition) is 6. The highest BCUT2D eigenvalue weighted by atomic mass is 16.7. The molecule has 0 unspecified atom stereocenters. The lowest BCUT2D eigenvalue weighted by atomic mass is 11.0. The number of anilines is 1. The molecule has 1 heterocycles. The fourth-order valence-electron chi connectivity index (χ4n) is 0.471. The van der Waals surface area contributed by atoms with Crippen molar-refractivity contribution in [1.29, 1.82) is 0 Å². The number of nitrogens with zero attached hydrogens (tertiary/aromatic N) is 4. The highest BCUT2D eigenvalue weighted by molar-refractivity contribution is 5.22. The summed E-state index contributed by atoms with van der Waals surface area (Å²) in [5.74, 6) is -1.11. The van der Waals surface area contributed by atoms with Gasteiger partial charge in [0.1, 0.15) is 0 Å². The number of nitrogens with one attached hydrogen (secondary N) is 2. The van der Waals surface area contributed by atoms with Gasteiger partial charge < -0.3 is 10.1 Å². The van der Waals surface area contributed by atoms with E-state index in [4.69, 9.17) is 0 Å². The van der Waals surface area contributed by atoms with Crippen LogP contribution < -0.4 is 5.43 Å². The Morgan fingerprint density at radius 3 is 2.50 bits per heavy atom. The van der Waals surface area contributed by atoms with Crippen molar-refractivity contribution in [2.24, 2.45) is 0 Å². The van der Waals surface area contributed by atoms with Crippen molar-refractivity contribution in [3.05, 3.63) is 20.2 Å². The van der Waals surface area contributed by atoms with Crippen molar-refractivity contribution in [3.63, 3.8) is 0 Å². The summed E-state index contributed by atoms with van der Waals surface area (Å²) in [4.78, 5) is 22.0. The molecule has 0 fully saturated rings. The highest BCUT2D eigenvalue weighted by Gasteiger charge is 2.17. The van der Waals surface area contributed by atoms with Gasteiger partial charge in [-0.1, -0.05) is 5.43 Å². The number of hydrazine groups is 1. The Labute approximate surface area is 63.9 Å². The second-order valence-electron chi connectivity index (χ2n) is 1.61. The summed E-state index contributed by atoms with van der Waals surface area (Å²) in [6.07, 6.45) is 0.